The van der Waals surface area contributed by atoms with Gasteiger partial charge < -0.3 is 20.3 Å². The minimum Gasteiger partial charge on any atom is -0.450 e. The van der Waals surface area contributed by atoms with E-state index in [0.717, 1.165) is 12.8 Å². The van der Waals surface area contributed by atoms with Gasteiger partial charge in [0.05, 0.1) is 12.8 Å². The fourth-order valence-corrected chi connectivity index (χ4v) is 2.95. The van der Waals surface area contributed by atoms with Crippen LogP contribution in [0, 0.1) is 6.92 Å². The number of hydrogen-bond acceptors (Lipinski definition) is 7. The van der Waals surface area contributed by atoms with Gasteiger partial charge in [0.2, 0.25) is 5.95 Å². The molecule has 144 valence electrons. The van der Waals surface area contributed by atoms with Crippen LogP contribution in [0.5, 0.6) is 0 Å². The molecule has 3 rings (SSSR count). The molecule has 0 saturated carbocycles. The summed E-state index contributed by atoms with van der Waals surface area (Å²) in [7, 11) is 0. The number of nitrogens with one attached hydrogen (secondary N) is 2. The molecule has 0 unspecified atom stereocenters. The number of aryl methyl sites for hydroxylation is 1. The van der Waals surface area contributed by atoms with Crippen molar-refractivity contribution in [3.63, 3.8) is 0 Å². The van der Waals surface area contributed by atoms with Crippen molar-refractivity contribution in [2.45, 2.75) is 39.3 Å². The number of piperidine rings is 1. The zero-order valence-corrected chi connectivity index (χ0v) is 15.8. The molecule has 2 heterocycles. The third-order valence-electron chi connectivity index (χ3n) is 4.51. The number of benzene rings is 1. The molecular formula is C19H26N6O2. The second-order valence-corrected chi connectivity index (χ2v) is 6.61. The Hall–Kier alpha value is -2.90. The van der Waals surface area contributed by atoms with Crippen LogP contribution in [0.15, 0.2) is 30.5 Å². The molecule has 1 saturated heterocycles. The Morgan fingerprint density at radius 1 is 1.26 bits per heavy atom. The molecule has 8 heteroatoms. The van der Waals surface area contributed by atoms with E-state index in [1.54, 1.807) is 11.1 Å². The molecule has 0 atom stereocenters. The zero-order chi connectivity index (χ0) is 19.1. The topological polar surface area (TPSA) is 92.3 Å². The van der Waals surface area contributed by atoms with Gasteiger partial charge in [0.25, 0.3) is 0 Å². The van der Waals surface area contributed by atoms with E-state index in [4.69, 9.17) is 4.74 Å². The number of ether oxygens (including phenoxy) is 1. The minimum absolute atomic E-state index is 0.213. The van der Waals surface area contributed by atoms with E-state index in [1.807, 2.05) is 6.92 Å². The summed E-state index contributed by atoms with van der Waals surface area (Å²) in [5, 5.41) is 14.7. The van der Waals surface area contributed by atoms with Crippen LogP contribution in [-0.4, -0.2) is 51.9 Å². The highest BCUT2D eigenvalue weighted by atomic mass is 16.6. The molecule has 1 aromatic heterocycles. The van der Waals surface area contributed by atoms with Crippen molar-refractivity contribution in [2.75, 3.05) is 30.3 Å². The van der Waals surface area contributed by atoms with Crippen molar-refractivity contribution in [2.24, 2.45) is 0 Å². The Balaban J connectivity index is 1.49. The molecule has 0 radical (unpaired) electrons. The summed E-state index contributed by atoms with van der Waals surface area (Å²) >= 11 is 0. The molecule has 0 spiro atoms. The van der Waals surface area contributed by atoms with E-state index in [-0.39, 0.29) is 12.1 Å². The van der Waals surface area contributed by atoms with Crippen LogP contribution >= 0.6 is 0 Å². The summed E-state index contributed by atoms with van der Waals surface area (Å²) in [6, 6.07) is 8.57. The lowest BCUT2D eigenvalue weighted by Gasteiger charge is -2.31. The summed E-state index contributed by atoms with van der Waals surface area (Å²) in [5.41, 5.74) is 2.42. The summed E-state index contributed by atoms with van der Waals surface area (Å²) in [6.45, 7) is 6.29. The number of nitrogens with zero attached hydrogens (tertiary/aromatic N) is 4. The van der Waals surface area contributed by atoms with Crippen LogP contribution in [-0.2, 0) is 11.3 Å². The second kappa shape index (κ2) is 9.16. The third-order valence-corrected chi connectivity index (χ3v) is 4.51. The highest BCUT2D eigenvalue weighted by molar-refractivity contribution is 5.67. The smallest absolute Gasteiger partial charge is 0.409 e. The average molecular weight is 370 g/mol. The minimum atomic E-state index is -0.240. The van der Waals surface area contributed by atoms with Gasteiger partial charge in [-0.2, -0.15) is 10.1 Å². The predicted molar refractivity (Wildman–Crippen MR) is 104 cm³/mol. The van der Waals surface area contributed by atoms with Crippen molar-refractivity contribution in [3.8, 4) is 0 Å². The molecule has 2 aromatic rings. The van der Waals surface area contributed by atoms with Crippen LogP contribution in [0.3, 0.4) is 0 Å². The molecule has 8 nitrogen and oxygen atoms in total. The lowest BCUT2D eigenvalue weighted by molar-refractivity contribution is 0.0983. The van der Waals surface area contributed by atoms with Gasteiger partial charge in [-0.15, -0.1) is 5.10 Å². The Kier molecular flexibility index (Phi) is 6.40. The van der Waals surface area contributed by atoms with E-state index in [0.29, 0.717) is 38.0 Å². The third kappa shape index (κ3) is 5.54. The Bertz CT molecular complexity index is 744. The Labute approximate surface area is 159 Å². The maximum absolute atomic E-state index is 11.8. The van der Waals surface area contributed by atoms with E-state index in [2.05, 4.69) is 57.0 Å². The molecule has 1 aromatic carbocycles. The number of rotatable bonds is 6. The van der Waals surface area contributed by atoms with Gasteiger partial charge in [0, 0.05) is 25.7 Å². The molecule has 27 heavy (non-hydrogen) atoms. The molecular weight excluding hydrogens is 344 g/mol. The highest BCUT2D eigenvalue weighted by Crippen LogP contribution is 2.16. The van der Waals surface area contributed by atoms with Crippen molar-refractivity contribution >= 4 is 17.9 Å². The normalized spacial score (nSPS) is 14.7. The van der Waals surface area contributed by atoms with Crippen molar-refractivity contribution in [1.29, 1.82) is 0 Å². The van der Waals surface area contributed by atoms with Crippen LogP contribution in [0.4, 0.5) is 16.6 Å². The van der Waals surface area contributed by atoms with Crippen LogP contribution in [0.2, 0.25) is 0 Å². The van der Waals surface area contributed by atoms with Crippen LogP contribution < -0.4 is 10.6 Å². The number of carbonyl (C=O) groups excluding carboxylic acids is 1. The largest absolute Gasteiger partial charge is 0.450 e. The Morgan fingerprint density at radius 3 is 2.70 bits per heavy atom. The van der Waals surface area contributed by atoms with Crippen molar-refractivity contribution in [3.05, 3.63) is 41.6 Å². The fourth-order valence-electron chi connectivity index (χ4n) is 2.95. The van der Waals surface area contributed by atoms with Gasteiger partial charge in [-0.3, -0.25) is 0 Å². The first-order valence-electron chi connectivity index (χ1n) is 9.31. The van der Waals surface area contributed by atoms with Crippen molar-refractivity contribution < 1.29 is 9.53 Å². The van der Waals surface area contributed by atoms with Gasteiger partial charge in [-0.25, -0.2) is 4.79 Å². The standard InChI is InChI=1S/C19H26N6O2/c1-3-27-19(26)25-10-8-16(9-11-25)22-18-23-17(13-21-24-18)20-12-15-6-4-14(2)5-7-15/h4-7,13,16H,3,8-12H2,1-2H3,(H2,20,22,23,24). The van der Waals surface area contributed by atoms with E-state index >= 15 is 0 Å². The van der Waals surface area contributed by atoms with Crippen LogP contribution in [0.25, 0.3) is 0 Å². The fraction of sp³-hybridized carbons (Fsp3) is 0.474. The van der Waals surface area contributed by atoms with Crippen LogP contribution in [0.1, 0.15) is 30.9 Å². The number of likely N-dealkylation sites (tertiary alicyclic amines) is 1. The summed E-state index contributed by atoms with van der Waals surface area (Å²) in [6.07, 6.45) is 3.02. The van der Waals surface area contributed by atoms with Gasteiger partial charge >= 0.3 is 6.09 Å². The maximum Gasteiger partial charge on any atom is 0.409 e. The van der Waals surface area contributed by atoms with E-state index < -0.39 is 0 Å². The zero-order valence-electron chi connectivity index (χ0n) is 15.8. The average Bonchev–Trinajstić information content (AvgIpc) is 2.69. The number of carbonyl (C=O) groups is 1. The quantitative estimate of drug-likeness (QED) is 0.808. The number of anilines is 2. The molecule has 1 fully saturated rings. The number of amides is 1. The summed E-state index contributed by atoms with van der Waals surface area (Å²) in [5.74, 6) is 1.18. The van der Waals surface area contributed by atoms with Gasteiger partial charge in [0.1, 0.15) is 0 Å². The molecule has 0 aliphatic carbocycles. The lowest BCUT2D eigenvalue weighted by Crippen LogP contribution is -2.42. The lowest BCUT2D eigenvalue weighted by atomic mass is 10.1. The molecule has 1 aliphatic rings. The number of aromatic nitrogens is 3. The van der Waals surface area contributed by atoms with E-state index in [9.17, 15) is 4.79 Å². The molecule has 2 N–H and O–H groups in total. The summed E-state index contributed by atoms with van der Waals surface area (Å²) in [4.78, 5) is 18.0. The SMILES string of the molecule is CCOC(=O)N1CCC(Nc2nncc(NCc3ccc(C)cc3)n2)CC1. The monoisotopic (exact) mass is 370 g/mol. The van der Waals surface area contributed by atoms with Gasteiger partial charge in [-0.1, -0.05) is 29.8 Å². The van der Waals surface area contributed by atoms with E-state index in [1.165, 1.54) is 11.1 Å². The molecule has 0 bridgehead atoms. The summed E-state index contributed by atoms with van der Waals surface area (Å²) < 4.78 is 5.04. The second-order valence-electron chi connectivity index (χ2n) is 6.61. The van der Waals surface area contributed by atoms with Gasteiger partial charge in [0.15, 0.2) is 5.82 Å². The number of hydrogen-bond donors (Lipinski definition) is 2. The molecule has 1 aliphatic heterocycles. The molecule has 1 amide bonds. The first-order valence-corrected chi connectivity index (χ1v) is 9.31. The maximum atomic E-state index is 11.8. The highest BCUT2D eigenvalue weighted by Gasteiger charge is 2.24. The first kappa shape index (κ1) is 18.9. The van der Waals surface area contributed by atoms with Crippen molar-refractivity contribution in [1.82, 2.24) is 20.1 Å². The predicted octanol–water partition coefficient (Wildman–Crippen LogP) is 2.82. The first-order chi connectivity index (χ1) is 13.1. The van der Waals surface area contributed by atoms with Gasteiger partial charge in [-0.05, 0) is 32.3 Å². The Morgan fingerprint density at radius 2 is 2.00 bits per heavy atom.